The van der Waals surface area contributed by atoms with Crippen LogP contribution in [0.3, 0.4) is 0 Å². The SMILES string of the molecule is COC(=O)c1cc(Nc2ncc(F)c(NC3CCCCC3)n2)ccc1Br. The molecule has 1 fully saturated rings. The molecule has 0 amide bonds. The van der Waals surface area contributed by atoms with Gasteiger partial charge in [-0.3, -0.25) is 0 Å². The summed E-state index contributed by atoms with van der Waals surface area (Å²) in [6.45, 7) is 0. The first-order valence-corrected chi connectivity index (χ1v) is 9.30. The molecule has 1 saturated carbocycles. The summed E-state index contributed by atoms with van der Waals surface area (Å²) < 4.78 is 19.4. The van der Waals surface area contributed by atoms with Gasteiger partial charge in [-0.2, -0.15) is 4.98 Å². The molecule has 6 nitrogen and oxygen atoms in total. The fourth-order valence-corrected chi connectivity index (χ4v) is 3.38. The van der Waals surface area contributed by atoms with Crippen LogP contribution in [-0.4, -0.2) is 29.1 Å². The van der Waals surface area contributed by atoms with Crippen molar-refractivity contribution in [3.8, 4) is 0 Å². The normalized spacial score (nSPS) is 14.7. The Balaban J connectivity index is 1.77. The Bertz CT molecular complexity index is 797. The van der Waals surface area contributed by atoms with E-state index in [0.717, 1.165) is 31.9 Å². The summed E-state index contributed by atoms with van der Waals surface area (Å²) in [6, 6.07) is 5.34. The van der Waals surface area contributed by atoms with Gasteiger partial charge in [0.1, 0.15) is 0 Å². The molecule has 26 heavy (non-hydrogen) atoms. The van der Waals surface area contributed by atoms with E-state index in [2.05, 4.69) is 36.5 Å². The van der Waals surface area contributed by atoms with E-state index < -0.39 is 11.8 Å². The summed E-state index contributed by atoms with van der Waals surface area (Å²) in [5, 5.41) is 6.17. The van der Waals surface area contributed by atoms with Crippen molar-refractivity contribution < 1.29 is 13.9 Å². The van der Waals surface area contributed by atoms with Crippen molar-refractivity contribution in [2.45, 2.75) is 38.1 Å². The first-order chi connectivity index (χ1) is 12.6. The highest BCUT2D eigenvalue weighted by molar-refractivity contribution is 9.10. The average molecular weight is 423 g/mol. The summed E-state index contributed by atoms with van der Waals surface area (Å²) in [4.78, 5) is 20.0. The zero-order valence-electron chi connectivity index (χ0n) is 14.4. The fraction of sp³-hybridized carbons (Fsp3) is 0.389. The molecule has 0 aliphatic heterocycles. The number of carbonyl (C=O) groups excluding carboxylic acids is 1. The Hall–Kier alpha value is -2.22. The minimum Gasteiger partial charge on any atom is -0.465 e. The maximum atomic E-state index is 14.0. The van der Waals surface area contributed by atoms with Crippen LogP contribution < -0.4 is 10.6 Å². The predicted molar refractivity (Wildman–Crippen MR) is 101 cm³/mol. The van der Waals surface area contributed by atoms with Crippen LogP contribution in [0.25, 0.3) is 0 Å². The molecular weight excluding hydrogens is 403 g/mol. The van der Waals surface area contributed by atoms with E-state index in [4.69, 9.17) is 4.74 Å². The molecule has 8 heteroatoms. The first-order valence-electron chi connectivity index (χ1n) is 8.51. The molecule has 0 saturated heterocycles. The number of methoxy groups -OCH3 is 1. The molecule has 1 heterocycles. The lowest BCUT2D eigenvalue weighted by Crippen LogP contribution is -2.23. The number of carbonyl (C=O) groups is 1. The van der Waals surface area contributed by atoms with Gasteiger partial charge in [-0.15, -0.1) is 0 Å². The second-order valence-corrected chi connectivity index (χ2v) is 7.03. The lowest BCUT2D eigenvalue weighted by molar-refractivity contribution is 0.0599. The number of rotatable bonds is 5. The largest absolute Gasteiger partial charge is 0.465 e. The molecule has 2 N–H and O–H groups in total. The molecule has 0 radical (unpaired) electrons. The van der Waals surface area contributed by atoms with Gasteiger partial charge in [0.05, 0.1) is 18.9 Å². The Morgan fingerprint density at radius 2 is 2.08 bits per heavy atom. The molecule has 0 unspecified atom stereocenters. The number of esters is 1. The zero-order valence-corrected chi connectivity index (χ0v) is 16.0. The molecule has 0 bridgehead atoms. The molecule has 0 atom stereocenters. The Morgan fingerprint density at radius 1 is 1.31 bits per heavy atom. The zero-order chi connectivity index (χ0) is 18.5. The third-order valence-corrected chi connectivity index (χ3v) is 5.01. The molecule has 1 aliphatic carbocycles. The third-order valence-electron chi connectivity index (χ3n) is 4.32. The van der Waals surface area contributed by atoms with E-state index in [9.17, 15) is 9.18 Å². The molecule has 0 spiro atoms. The molecule has 2 aromatic rings. The van der Waals surface area contributed by atoms with Crippen molar-refractivity contribution in [1.82, 2.24) is 9.97 Å². The summed E-state index contributed by atoms with van der Waals surface area (Å²) >= 11 is 3.31. The predicted octanol–water partition coefficient (Wildman–Crippen LogP) is 4.65. The molecule has 3 rings (SSSR count). The quantitative estimate of drug-likeness (QED) is 0.682. The number of nitrogens with one attached hydrogen (secondary N) is 2. The number of ether oxygens (including phenoxy) is 1. The van der Waals surface area contributed by atoms with Crippen LogP contribution in [0.2, 0.25) is 0 Å². The third kappa shape index (κ3) is 4.49. The van der Waals surface area contributed by atoms with Gasteiger partial charge in [-0.25, -0.2) is 14.2 Å². The van der Waals surface area contributed by atoms with Crippen molar-refractivity contribution in [1.29, 1.82) is 0 Å². The lowest BCUT2D eigenvalue weighted by Gasteiger charge is -2.23. The summed E-state index contributed by atoms with van der Waals surface area (Å²) in [7, 11) is 1.32. The van der Waals surface area contributed by atoms with E-state index in [-0.39, 0.29) is 17.8 Å². The van der Waals surface area contributed by atoms with Crippen molar-refractivity contribution in [3.63, 3.8) is 0 Å². The van der Waals surface area contributed by atoms with E-state index in [1.165, 1.54) is 13.5 Å². The number of anilines is 3. The average Bonchev–Trinajstić information content (AvgIpc) is 2.66. The maximum Gasteiger partial charge on any atom is 0.339 e. The molecule has 1 aliphatic rings. The Labute approximate surface area is 159 Å². The van der Waals surface area contributed by atoms with Crippen LogP contribution in [-0.2, 0) is 4.74 Å². The monoisotopic (exact) mass is 422 g/mol. The van der Waals surface area contributed by atoms with Crippen molar-refractivity contribution in [2.24, 2.45) is 0 Å². The van der Waals surface area contributed by atoms with E-state index in [1.54, 1.807) is 18.2 Å². The van der Waals surface area contributed by atoms with Crippen LogP contribution in [0, 0.1) is 5.82 Å². The molecular formula is C18H20BrFN4O2. The molecule has 1 aromatic carbocycles. The van der Waals surface area contributed by atoms with Crippen LogP contribution in [0.1, 0.15) is 42.5 Å². The number of aromatic nitrogens is 2. The lowest BCUT2D eigenvalue weighted by atomic mass is 9.95. The minimum absolute atomic E-state index is 0.194. The van der Waals surface area contributed by atoms with Gasteiger partial charge in [0.25, 0.3) is 0 Å². The number of nitrogens with zero attached hydrogens (tertiary/aromatic N) is 2. The van der Waals surface area contributed by atoms with Gasteiger partial charge < -0.3 is 15.4 Å². The van der Waals surface area contributed by atoms with E-state index >= 15 is 0 Å². The second kappa shape index (κ2) is 8.44. The summed E-state index contributed by atoms with van der Waals surface area (Å²) in [5.74, 6) is -0.491. The van der Waals surface area contributed by atoms with Crippen molar-refractivity contribution in [3.05, 3.63) is 40.2 Å². The maximum absolute atomic E-state index is 14.0. The number of benzene rings is 1. The topological polar surface area (TPSA) is 76.1 Å². The minimum atomic E-state index is -0.479. The highest BCUT2D eigenvalue weighted by Gasteiger charge is 2.17. The van der Waals surface area contributed by atoms with Gasteiger partial charge in [-0.1, -0.05) is 19.3 Å². The van der Waals surface area contributed by atoms with Gasteiger partial charge in [-0.05, 0) is 47.0 Å². The van der Waals surface area contributed by atoms with Gasteiger partial charge in [0, 0.05) is 16.2 Å². The van der Waals surface area contributed by atoms with E-state index in [0.29, 0.717) is 15.7 Å². The second-order valence-electron chi connectivity index (χ2n) is 6.18. The smallest absolute Gasteiger partial charge is 0.339 e. The standard InChI is InChI=1S/C18H20BrFN4O2/c1-26-17(25)13-9-12(7-8-14(13)19)23-18-21-10-15(20)16(24-18)22-11-5-3-2-4-6-11/h7-11H,2-6H2,1H3,(H2,21,22,23,24). The first kappa shape index (κ1) is 18.6. The van der Waals surface area contributed by atoms with Crippen molar-refractivity contribution >= 4 is 39.4 Å². The fourth-order valence-electron chi connectivity index (χ4n) is 2.97. The van der Waals surface area contributed by atoms with Gasteiger partial charge in [0.2, 0.25) is 5.95 Å². The highest BCUT2D eigenvalue weighted by Crippen LogP contribution is 2.25. The van der Waals surface area contributed by atoms with Gasteiger partial charge in [0.15, 0.2) is 11.6 Å². The summed E-state index contributed by atoms with van der Waals surface area (Å²) in [6.07, 6.45) is 6.68. The Kier molecular flexibility index (Phi) is 6.03. The number of hydrogen-bond acceptors (Lipinski definition) is 6. The van der Waals surface area contributed by atoms with Crippen molar-refractivity contribution in [2.75, 3.05) is 17.7 Å². The van der Waals surface area contributed by atoms with E-state index in [1.807, 2.05) is 0 Å². The molecule has 138 valence electrons. The molecule has 1 aromatic heterocycles. The van der Waals surface area contributed by atoms with Crippen LogP contribution in [0.5, 0.6) is 0 Å². The van der Waals surface area contributed by atoms with Crippen LogP contribution in [0.4, 0.5) is 21.8 Å². The van der Waals surface area contributed by atoms with Gasteiger partial charge >= 0.3 is 5.97 Å². The summed E-state index contributed by atoms with van der Waals surface area (Å²) in [5.41, 5.74) is 0.976. The number of halogens is 2. The highest BCUT2D eigenvalue weighted by atomic mass is 79.9. The number of hydrogen-bond donors (Lipinski definition) is 2. The van der Waals surface area contributed by atoms with Crippen LogP contribution in [0.15, 0.2) is 28.9 Å². The Morgan fingerprint density at radius 3 is 2.81 bits per heavy atom. The van der Waals surface area contributed by atoms with Crippen LogP contribution >= 0.6 is 15.9 Å².